The Balaban J connectivity index is 2.06. The lowest BCUT2D eigenvalue weighted by atomic mass is 9.64. The minimum Gasteiger partial charge on any atom is -0.351 e. The predicted molar refractivity (Wildman–Crippen MR) is 100 cm³/mol. The van der Waals surface area contributed by atoms with Crippen LogP contribution in [0.4, 0.5) is 4.79 Å². The molecule has 2 fully saturated rings. The summed E-state index contributed by atoms with van der Waals surface area (Å²) >= 11 is 0. The van der Waals surface area contributed by atoms with Crippen molar-refractivity contribution in [1.29, 1.82) is 0 Å². The molecule has 4 N–H and O–H groups in total. The van der Waals surface area contributed by atoms with Crippen LogP contribution in [0.2, 0.25) is 0 Å². The topological polar surface area (TPSA) is 105 Å². The second kappa shape index (κ2) is 7.55. The van der Waals surface area contributed by atoms with E-state index >= 15 is 0 Å². The van der Waals surface area contributed by atoms with Crippen LogP contribution in [0.1, 0.15) is 60.3 Å². The van der Waals surface area contributed by atoms with Gasteiger partial charge in [-0.2, -0.15) is 0 Å². The molecule has 148 valence electrons. The van der Waals surface area contributed by atoms with Gasteiger partial charge in [-0.05, 0) is 42.9 Å². The quantitative estimate of drug-likeness (QED) is 0.621. The molecular weight excluding hydrogens is 332 g/mol. The van der Waals surface area contributed by atoms with Crippen LogP contribution >= 0.6 is 0 Å². The lowest BCUT2D eigenvalue weighted by Gasteiger charge is -2.43. The molecule has 7 heteroatoms. The number of rotatable bonds is 6. The molecule has 0 radical (unpaired) electrons. The first kappa shape index (κ1) is 20.7. The summed E-state index contributed by atoms with van der Waals surface area (Å²) in [4.78, 5) is 38.9. The van der Waals surface area contributed by atoms with Crippen LogP contribution in [0, 0.1) is 17.3 Å². The van der Waals surface area contributed by atoms with Gasteiger partial charge in [-0.15, -0.1) is 0 Å². The molecular formula is C19H34N4O3. The van der Waals surface area contributed by atoms with Crippen molar-refractivity contribution >= 4 is 17.8 Å². The van der Waals surface area contributed by atoms with E-state index in [0.717, 1.165) is 17.7 Å². The average Bonchev–Trinajstić information content (AvgIpc) is 2.67. The molecule has 1 aliphatic heterocycles. The van der Waals surface area contributed by atoms with E-state index in [1.165, 1.54) is 0 Å². The standard InChI is InChI=1S/C19H34N4O3/c1-12(2)6-14(9-20)21-15(24)10-23-16(25)19(22-17(23)26)8-13(3)7-18(4,5)11-19/h12-14H,6-11,20H2,1-5H3,(H,21,24)(H,22,26). The van der Waals surface area contributed by atoms with Crippen LogP contribution in [0.3, 0.4) is 0 Å². The maximum absolute atomic E-state index is 13.0. The maximum atomic E-state index is 13.0. The van der Waals surface area contributed by atoms with Gasteiger partial charge in [0.15, 0.2) is 0 Å². The summed E-state index contributed by atoms with van der Waals surface area (Å²) in [5.41, 5.74) is 4.82. The van der Waals surface area contributed by atoms with Crippen molar-refractivity contribution in [2.24, 2.45) is 23.0 Å². The zero-order chi connectivity index (χ0) is 19.7. The first-order chi connectivity index (χ1) is 12.0. The van der Waals surface area contributed by atoms with Crippen LogP contribution in [-0.4, -0.2) is 47.4 Å². The highest BCUT2D eigenvalue weighted by atomic mass is 16.2. The summed E-state index contributed by atoms with van der Waals surface area (Å²) in [6.45, 7) is 10.5. The Kier molecular flexibility index (Phi) is 6.00. The van der Waals surface area contributed by atoms with Crippen molar-refractivity contribution in [2.75, 3.05) is 13.1 Å². The summed E-state index contributed by atoms with van der Waals surface area (Å²) in [5, 5.41) is 5.74. The number of hydrogen-bond acceptors (Lipinski definition) is 4. The highest BCUT2D eigenvalue weighted by molar-refractivity contribution is 6.09. The Morgan fingerprint density at radius 3 is 2.54 bits per heavy atom. The minimum absolute atomic E-state index is 0.0270. The Morgan fingerprint density at radius 2 is 2.00 bits per heavy atom. The highest BCUT2D eigenvalue weighted by Crippen LogP contribution is 2.46. The SMILES string of the molecule is CC(C)CC(CN)NC(=O)CN1C(=O)NC2(CC(C)CC(C)(C)C2)C1=O. The fraction of sp³-hybridized carbons (Fsp3) is 0.842. The monoisotopic (exact) mass is 366 g/mol. The third kappa shape index (κ3) is 4.55. The second-order valence-corrected chi connectivity index (χ2v) is 9.39. The molecule has 2 aliphatic rings. The summed E-state index contributed by atoms with van der Waals surface area (Å²) in [5.74, 6) is 0.120. The van der Waals surface area contributed by atoms with E-state index in [1.807, 2.05) is 0 Å². The number of carbonyl (C=O) groups is 3. The lowest BCUT2D eigenvalue weighted by Crippen LogP contribution is -2.54. The van der Waals surface area contributed by atoms with Crippen LogP contribution in [0.25, 0.3) is 0 Å². The zero-order valence-corrected chi connectivity index (χ0v) is 16.7. The second-order valence-electron chi connectivity index (χ2n) is 9.39. The van der Waals surface area contributed by atoms with E-state index in [2.05, 4.69) is 45.3 Å². The maximum Gasteiger partial charge on any atom is 0.325 e. The van der Waals surface area contributed by atoms with E-state index in [4.69, 9.17) is 5.73 Å². The van der Waals surface area contributed by atoms with Crippen molar-refractivity contribution in [3.63, 3.8) is 0 Å². The summed E-state index contributed by atoms with van der Waals surface area (Å²) in [6, 6.07) is -0.617. The van der Waals surface area contributed by atoms with Crippen LogP contribution in [0.5, 0.6) is 0 Å². The molecule has 3 atom stereocenters. The third-order valence-electron chi connectivity index (χ3n) is 5.33. The molecule has 1 heterocycles. The lowest BCUT2D eigenvalue weighted by molar-refractivity contribution is -0.137. The van der Waals surface area contributed by atoms with Crippen molar-refractivity contribution in [2.45, 2.75) is 71.9 Å². The molecule has 0 aromatic heterocycles. The number of nitrogens with two attached hydrogens (primary N) is 1. The highest BCUT2D eigenvalue weighted by Gasteiger charge is 2.56. The van der Waals surface area contributed by atoms with Crippen molar-refractivity contribution in [1.82, 2.24) is 15.5 Å². The Bertz CT molecular complexity index is 575. The number of nitrogens with zero attached hydrogens (tertiary/aromatic N) is 1. The Morgan fingerprint density at radius 1 is 1.35 bits per heavy atom. The van der Waals surface area contributed by atoms with Crippen LogP contribution < -0.4 is 16.4 Å². The van der Waals surface area contributed by atoms with Crippen LogP contribution in [-0.2, 0) is 9.59 Å². The minimum atomic E-state index is -0.871. The number of hydrogen-bond donors (Lipinski definition) is 3. The largest absolute Gasteiger partial charge is 0.351 e. The molecule has 0 bridgehead atoms. The number of nitrogens with one attached hydrogen (secondary N) is 2. The molecule has 1 saturated heterocycles. The molecule has 4 amide bonds. The molecule has 7 nitrogen and oxygen atoms in total. The fourth-order valence-corrected chi connectivity index (χ4v) is 4.85. The number of carbonyl (C=O) groups excluding carboxylic acids is 3. The van der Waals surface area contributed by atoms with Gasteiger partial charge in [-0.25, -0.2) is 4.79 Å². The normalized spacial score (nSPS) is 29.2. The van der Waals surface area contributed by atoms with Crippen molar-refractivity contribution < 1.29 is 14.4 Å². The van der Waals surface area contributed by atoms with Crippen molar-refractivity contribution in [3.8, 4) is 0 Å². The van der Waals surface area contributed by atoms with Gasteiger partial charge >= 0.3 is 6.03 Å². The number of imide groups is 1. The summed E-state index contributed by atoms with van der Waals surface area (Å²) in [6.07, 6.45) is 3.01. The predicted octanol–water partition coefficient (Wildman–Crippen LogP) is 1.61. The molecule has 1 saturated carbocycles. The molecule has 1 aliphatic carbocycles. The Hall–Kier alpha value is -1.63. The van der Waals surface area contributed by atoms with E-state index in [-0.39, 0.29) is 29.8 Å². The molecule has 26 heavy (non-hydrogen) atoms. The van der Waals surface area contributed by atoms with Gasteiger partial charge in [0.05, 0.1) is 0 Å². The smallest absolute Gasteiger partial charge is 0.325 e. The molecule has 2 rings (SSSR count). The van der Waals surface area contributed by atoms with Crippen molar-refractivity contribution in [3.05, 3.63) is 0 Å². The van der Waals surface area contributed by atoms with Gasteiger partial charge in [0, 0.05) is 12.6 Å². The van der Waals surface area contributed by atoms with E-state index < -0.39 is 11.6 Å². The van der Waals surface area contributed by atoms with E-state index in [9.17, 15) is 14.4 Å². The summed E-state index contributed by atoms with van der Waals surface area (Å²) < 4.78 is 0. The first-order valence-corrected chi connectivity index (χ1v) is 9.61. The Labute approximate surface area is 156 Å². The molecule has 3 unspecified atom stereocenters. The first-order valence-electron chi connectivity index (χ1n) is 9.61. The van der Waals surface area contributed by atoms with Gasteiger partial charge in [-0.3, -0.25) is 14.5 Å². The van der Waals surface area contributed by atoms with Gasteiger partial charge in [0.1, 0.15) is 12.1 Å². The van der Waals surface area contributed by atoms with E-state index in [1.54, 1.807) is 0 Å². The third-order valence-corrected chi connectivity index (χ3v) is 5.33. The van der Waals surface area contributed by atoms with Crippen LogP contribution in [0.15, 0.2) is 0 Å². The zero-order valence-electron chi connectivity index (χ0n) is 16.7. The van der Waals surface area contributed by atoms with E-state index in [0.29, 0.717) is 31.2 Å². The van der Waals surface area contributed by atoms with Gasteiger partial charge in [0.2, 0.25) is 5.91 Å². The number of urea groups is 1. The molecule has 0 aromatic rings. The van der Waals surface area contributed by atoms with Gasteiger partial charge in [-0.1, -0.05) is 34.6 Å². The molecule has 0 aromatic carbocycles. The number of amides is 4. The summed E-state index contributed by atoms with van der Waals surface area (Å²) in [7, 11) is 0. The van der Waals surface area contributed by atoms with Gasteiger partial charge in [0.25, 0.3) is 5.91 Å². The fourth-order valence-electron chi connectivity index (χ4n) is 4.85. The average molecular weight is 367 g/mol. The van der Waals surface area contributed by atoms with Gasteiger partial charge < -0.3 is 16.4 Å². The molecule has 1 spiro atoms.